The van der Waals surface area contributed by atoms with E-state index in [2.05, 4.69) is 53.4 Å². The number of likely N-dealkylation sites (N-methyl/N-ethyl adjacent to an activating group) is 1. The first-order chi connectivity index (χ1) is 15.6. The Bertz CT molecular complexity index is 723. The molecule has 0 aromatic heterocycles. The summed E-state index contributed by atoms with van der Waals surface area (Å²) in [6.07, 6.45) is 5.68. The molecule has 6 heteroatoms. The first-order valence-corrected chi connectivity index (χ1v) is 13.2. The Hall–Kier alpha value is -1.56. The van der Waals surface area contributed by atoms with Crippen molar-refractivity contribution in [3.05, 3.63) is 12.3 Å². The highest BCUT2D eigenvalue weighted by molar-refractivity contribution is 5.78. The maximum atomic E-state index is 13.3. The van der Waals surface area contributed by atoms with E-state index in [1.807, 2.05) is 19.0 Å². The largest absolute Gasteiger partial charge is 0.464 e. The summed E-state index contributed by atoms with van der Waals surface area (Å²) in [7, 11) is 3.91. The molecule has 34 heavy (non-hydrogen) atoms. The van der Waals surface area contributed by atoms with Crippen LogP contribution in [0.4, 0.5) is 0 Å². The van der Waals surface area contributed by atoms with Crippen LogP contribution < -0.4 is 11.1 Å². The van der Waals surface area contributed by atoms with E-state index in [1.165, 1.54) is 19.3 Å². The average Bonchev–Trinajstić information content (AvgIpc) is 3.27. The van der Waals surface area contributed by atoms with E-state index in [-0.39, 0.29) is 28.7 Å². The van der Waals surface area contributed by atoms with Gasteiger partial charge in [-0.2, -0.15) is 0 Å². The molecule has 0 aromatic rings. The van der Waals surface area contributed by atoms with Crippen LogP contribution in [0.5, 0.6) is 0 Å². The van der Waals surface area contributed by atoms with Crippen LogP contribution in [0.25, 0.3) is 0 Å². The molecule has 2 saturated carbocycles. The number of allylic oxidation sites excluding steroid dienone is 1. The Kier molecular flexibility index (Phi) is 9.66. The second-order valence-corrected chi connectivity index (χ2v) is 13.0. The number of nitrogens with one attached hydrogen (secondary N) is 1. The van der Waals surface area contributed by atoms with Gasteiger partial charge in [0.15, 0.2) is 0 Å². The second-order valence-electron chi connectivity index (χ2n) is 13.0. The number of fused-ring (bicyclic) bond motifs is 2. The minimum Gasteiger partial charge on any atom is -0.464 e. The Morgan fingerprint density at radius 1 is 1.12 bits per heavy atom. The van der Waals surface area contributed by atoms with E-state index in [1.54, 1.807) is 0 Å². The van der Waals surface area contributed by atoms with E-state index in [9.17, 15) is 9.59 Å². The van der Waals surface area contributed by atoms with E-state index >= 15 is 0 Å². The third-order valence-corrected chi connectivity index (χ3v) is 8.28. The summed E-state index contributed by atoms with van der Waals surface area (Å²) < 4.78 is 5.68. The average molecular weight is 478 g/mol. The van der Waals surface area contributed by atoms with Gasteiger partial charge in [0.2, 0.25) is 5.91 Å². The number of nitrogens with two attached hydrogens (primary N) is 1. The lowest BCUT2D eigenvalue weighted by Crippen LogP contribution is -2.41. The molecule has 2 rings (SSSR count). The Balaban J connectivity index is 2.16. The Morgan fingerprint density at radius 3 is 2.24 bits per heavy atom. The zero-order valence-corrected chi connectivity index (χ0v) is 23.1. The van der Waals surface area contributed by atoms with Crippen LogP contribution in [-0.4, -0.2) is 49.6 Å². The van der Waals surface area contributed by atoms with Crippen molar-refractivity contribution in [3.8, 4) is 0 Å². The number of esters is 1. The van der Waals surface area contributed by atoms with Gasteiger partial charge in [0, 0.05) is 29.1 Å². The van der Waals surface area contributed by atoms with Crippen molar-refractivity contribution < 1.29 is 14.3 Å². The monoisotopic (exact) mass is 477 g/mol. The molecule has 0 radical (unpaired) electrons. The smallest absolute Gasteiger partial charge is 0.309 e. The van der Waals surface area contributed by atoms with Crippen molar-refractivity contribution in [1.82, 2.24) is 10.2 Å². The van der Waals surface area contributed by atoms with Gasteiger partial charge in [-0.25, -0.2) is 0 Å². The fraction of sp³-hybridized carbons (Fsp3) is 0.857. The van der Waals surface area contributed by atoms with Crippen molar-refractivity contribution in [3.63, 3.8) is 0 Å². The number of ether oxygens (including phenoxy) is 1. The summed E-state index contributed by atoms with van der Waals surface area (Å²) in [5, 5.41) is 3.48. The minimum atomic E-state index is -0.401. The lowest BCUT2D eigenvalue weighted by molar-refractivity contribution is -0.150. The van der Waals surface area contributed by atoms with Crippen molar-refractivity contribution in [2.24, 2.45) is 46.7 Å². The van der Waals surface area contributed by atoms with Gasteiger partial charge in [-0.1, -0.05) is 27.4 Å². The van der Waals surface area contributed by atoms with Gasteiger partial charge in [-0.05, 0) is 97.1 Å². The van der Waals surface area contributed by atoms with Crippen LogP contribution >= 0.6 is 0 Å². The quantitative estimate of drug-likeness (QED) is 0.379. The molecule has 196 valence electrons. The highest BCUT2D eigenvalue weighted by atomic mass is 16.5. The molecule has 0 aliphatic heterocycles. The van der Waals surface area contributed by atoms with Gasteiger partial charge in [0.25, 0.3) is 0 Å². The number of hydrogen-bond acceptors (Lipinski definition) is 5. The highest BCUT2D eigenvalue weighted by Crippen LogP contribution is 2.54. The molecule has 6 nitrogen and oxygen atoms in total. The molecule has 0 spiro atoms. The van der Waals surface area contributed by atoms with Crippen LogP contribution in [0.15, 0.2) is 12.3 Å². The third kappa shape index (κ3) is 8.00. The Morgan fingerprint density at radius 2 is 1.74 bits per heavy atom. The van der Waals surface area contributed by atoms with Crippen LogP contribution in [0.1, 0.15) is 80.1 Å². The molecular formula is C28H51N3O3. The molecule has 6 atom stereocenters. The molecule has 2 aliphatic carbocycles. The van der Waals surface area contributed by atoms with Gasteiger partial charge < -0.3 is 20.7 Å². The molecule has 2 fully saturated rings. The molecule has 0 saturated heterocycles. The number of nitrogens with zero attached hydrogens (tertiary/aromatic N) is 1. The van der Waals surface area contributed by atoms with Crippen molar-refractivity contribution in [2.75, 3.05) is 27.2 Å². The maximum absolute atomic E-state index is 13.3. The van der Waals surface area contributed by atoms with Crippen LogP contribution in [0.3, 0.4) is 0 Å². The topological polar surface area (TPSA) is 84.7 Å². The Labute approximate surface area is 208 Å². The SMILES string of the molecule is C=C(NC(C)(C)C)C(C)(C)CC(CC(CC1C2CCC(C2)C1C)C(N)=O)C(=O)OCCN(C)C. The van der Waals surface area contributed by atoms with Crippen LogP contribution in [-0.2, 0) is 14.3 Å². The predicted octanol–water partition coefficient (Wildman–Crippen LogP) is 4.59. The summed E-state index contributed by atoms with van der Waals surface area (Å²) in [5.41, 5.74) is 6.35. The summed E-state index contributed by atoms with van der Waals surface area (Å²) in [6.45, 7) is 18.1. The standard InChI is InChI=1S/C28H51N3O3/c1-18-20-10-11-21(14-20)24(18)16-22(25(29)32)15-23(26(33)34-13-12-31(8)9)17-28(6,7)19(2)30-27(3,4)5/h18,20-24,30H,2,10-17H2,1,3-9H3,(H2,29,32). The first-order valence-electron chi connectivity index (χ1n) is 13.2. The van der Waals surface area contributed by atoms with Crippen molar-refractivity contribution >= 4 is 11.9 Å². The number of carbonyl (C=O) groups excluding carboxylic acids is 2. The van der Waals surface area contributed by atoms with Crippen LogP contribution in [0, 0.1) is 40.9 Å². The number of hydrogen-bond donors (Lipinski definition) is 2. The van der Waals surface area contributed by atoms with E-state index in [4.69, 9.17) is 10.5 Å². The van der Waals surface area contributed by atoms with Gasteiger partial charge >= 0.3 is 5.97 Å². The van der Waals surface area contributed by atoms with Gasteiger partial charge in [0.1, 0.15) is 6.61 Å². The van der Waals surface area contributed by atoms with Crippen molar-refractivity contribution in [1.29, 1.82) is 0 Å². The zero-order chi connectivity index (χ0) is 25.8. The first kappa shape index (κ1) is 28.7. The van der Waals surface area contributed by atoms with Gasteiger partial charge in [-0.15, -0.1) is 0 Å². The minimum absolute atomic E-state index is 0.121. The summed E-state index contributed by atoms with van der Waals surface area (Å²) in [5.74, 6) is 1.45. The third-order valence-electron chi connectivity index (χ3n) is 8.28. The summed E-state index contributed by atoms with van der Waals surface area (Å²) >= 11 is 0. The number of carbonyl (C=O) groups is 2. The molecule has 2 bridgehead atoms. The molecule has 2 aliphatic rings. The molecule has 0 heterocycles. The maximum Gasteiger partial charge on any atom is 0.309 e. The molecule has 1 amide bonds. The number of rotatable bonds is 13. The molecular weight excluding hydrogens is 426 g/mol. The fourth-order valence-corrected chi connectivity index (χ4v) is 6.18. The molecule has 6 unspecified atom stereocenters. The number of primary amides is 1. The number of amides is 1. The lowest BCUT2D eigenvalue weighted by atomic mass is 9.72. The normalized spacial score (nSPS) is 26.4. The fourth-order valence-electron chi connectivity index (χ4n) is 6.18. The summed E-state index contributed by atoms with van der Waals surface area (Å²) in [4.78, 5) is 27.8. The van der Waals surface area contributed by atoms with Crippen molar-refractivity contribution in [2.45, 2.75) is 85.6 Å². The van der Waals surface area contributed by atoms with Gasteiger partial charge in [0.05, 0.1) is 5.92 Å². The van der Waals surface area contributed by atoms with E-state index in [0.29, 0.717) is 43.7 Å². The predicted molar refractivity (Wildman–Crippen MR) is 139 cm³/mol. The molecule has 3 N–H and O–H groups in total. The molecule has 0 aromatic carbocycles. The highest BCUT2D eigenvalue weighted by Gasteiger charge is 2.46. The lowest BCUT2D eigenvalue weighted by Gasteiger charge is -2.37. The zero-order valence-electron chi connectivity index (χ0n) is 23.1. The van der Waals surface area contributed by atoms with E-state index in [0.717, 1.165) is 18.0 Å². The summed E-state index contributed by atoms with van der Waals surface area (Å²) in [6, 6.07) is 0. The van der Waals surface area contributed by atoms with Gasteiger partial charge in [-0.3, -0.25) is 9.59 Å². The van der Waals surface area contributed by atoms with E-state index < -0.39 is 5.92 Å². The van der Waals surface area contributed by atoms with Crippen LogP contribution in [0.2, 0.25) is 0 Å². The second kappa shape index (κ2) is 11.5.